The first kappa shape index (κ1) is 14.4. The molecule has 0 saturated carbocycles. The maximum Gasteiger partial charge on any atom is 0.0785 e. The highest BCUT2D eigenvalue weighted by Crippen LogP contribution is 1.97. The van der Waals surface area contributed by atoms with Crippen LogP contribution in [0.5, 0.6) is 0 Å². The maximum absolute atomic E-state index is 9.50. The second-order valence-corrected chi connectivity index (χ2v) is 2.02. The van der Waals surface area contributed by atoms with E-state index in [0.717, 1.165) is 0 Å². The number of benzene rings is 1. The lowest BCUT2D eigenvalue weighted by atomic mass is 10.2. The Morgan fingerprint density at radius 2 is 1.54 bits per heavy atom. The first-order valence-corrected chi connectivity index (χ1v) is 3.80. The molecule has 2 heteroatoms. The topological polar surface area (TPSA) is 9.23 Å². The number of hydrogen-bond acceptors (Lipinski definition) is 1. The van der Waals surface area contributed by atoms with E-state index in [1.807, 2.05) is 36.4 Å². The Bertz CT molecular complexity index is 185. The molecule has 0 aliphatic rings. The molecule has 74 valence electrons. The van der Waals surface area contributed by atoms with Crippen molar-refractivity contribution in [1.29, 1.82) is 0 Å². The maximum atomic E-state index is 9.50. The summed E-state index contributed by atoms with van der Waals surface area (Å²) in [5, 5.41) is 0. The van der Waals surface area contributed by atoms with Crippen LogP contribution in [-0.4, -0.2) is 21.4 Å². The lowest BCUT2D eigenvalue weighted by Crippen LogP contribution is -1.63. The van der Waals surface area contributed by atoms with Gasteiger partial charge in [-0.3, -0.25) is 4.39 Å². The van der Waals surface area contributed by atoms with E-state index in [0.29, 0.717) is 7.18 Å². The highest BCUT2D eigenvalue weighted by Gasteiger charge is 1.75. The molecule has 1 aromatic rings. The second-order valence-electron chi connectivity index (χ2n) is 2.02. The van der Waals surface area contributed by atoms with E-state index in [9.17, 15) is 4.39 Å². The number of ether oxygens (including phenoxy) is 1. The Balaban J connectivity index is 0. The Hall–Kier alpha value is -1.15. The van der Waals surface area contributed by atoms with E-state index in [-0.39, 0.29) is 0 Å². The zero-order valence-corrected chi connectivity index (χ0v) is 8.46. The van der Waals surface area contributed by atoms with Crippen molar-refractivity contribution in [2.24, 2.45) is 0 Å². The Morgan fingerprint density at radius 3 is 1.77 bits per heavy atom. The van der Waals surface area contributed by atoms with Crippen LogP contribution in [0.1, 0.15) is 5.56 Å². The van der Waals surface area contributed by atoms with Crippen molar-refractivity contribution in [2.45, 2.75) is 0 Å². The minimum absolute atomic E-state index is 0.500. The monoisotopic (exact) mass is 184 g/mol. The second kappa shape index (κ2) is 13.4. The summed E-state index contributed by atoms with van der Waals surface area (Å²) < 4.78 is 13.8. The summed E-state index contributed by atoms with van der Waals surface area (Å²) in [6.45, 7) is 3.63. The molecule has 1 aromatic carbocycles. The van der Waals surface area contributed by atoms with Crippen LogP contribution >= 0.6 is 0 Å². The van der Waals surface area contributed by atoms with Gasteiger partial charge in [-0.2, -0.15) is 0 Å². The third kappa shape index (κ3) is 10.8. The smallest absolute Gasteiger partial charge is 0.0785 e. The Kier molecular flexibility index (Phi) is 14.9. The minimum atomic E-state index is 0.500. The summed E-state index contributed by atoms with van der Waals surface area (Å²) in [7, 11) is 3.75. The fraction of sp³-hybridized carbons (Fsp3) is 0.273. The van der Waals surface area contributed by atoms with Crippen molar-refractivity contribution in [3.8, 4) is 0 Å². The van der Waals surface area contributed by atoms with E-state index in [1.165, 1.54) is 5.56 Å². The third-order valence-corrected chi connectivity index (χ3v) is 1.04. The first-order chi connectivity index (χ1) is 6.35. The zero-order valence-electron chi connectivity index (χ0n) is 8.46. The lowest BCUT2D eigenvalue weighted by Gasteiger charge is -1.85. The SMILES string of the molecule is C=Cc1ccccc1.CF.COC. The van der Waals surface area contributed by atoms with Crippen molar-refractivity contribution in [3.05, 3.63) is 42.5 Å². The Labute approximate surface area is 79.9 Å². The number of rotatable bonds is 1. The van der Waals surface area contributed by atoms with Crippen molar-refractivity contribution in [3.63, 3.8) is 0 Å². The molecule has 0 fully saturated rings. The lowest BCUT2D eigenvalue weighted by molar-refractivity contribution is 0.277. The average molecular weight is 184 g/mol. The zero-order chi connectivity index (χ0) is 10.5. The molecule has 0 N–H and O–H groups in total. The van der Waals surface area contributed by atoms with Crippen LogP contribution in [0.2, 0.25) is 0 Å². The van der Waals surface area contributed by atoms with E-state index >= 15 is 0 Å². The molecule has 0 atom stereocenters. The summed E-state index contributed by atoms with van der Waals surface area (Å²) >= 11 is 0. The van der Waals surface area contributed by atoms with Gasteiger partial charge in [0.15, 0.2) is 0 Å². The van der Waals surface area contributed by atoms with Gasteiger partial charge in [0.05, 0.1) is 7.18 Å². The van der Waals surface area contributed by atoms with Gasteiger partial charge in [0.2, 0.25) is 0 Å². The van der Waals surface area contributed by atoms with Crippen LogP contribution in [0.15, 0.2) is 36.9 Å². The molecule has 1 nitrogen and oxygen atoms in total. The summed E-state index contributed by atoms with van der Waals surface area (Å²) in [5.41, 5.74) is 1.17. The van der Waals surface area contributed by atoms with Crippen molar-refractivity contribution in [1.82, 2.24) is 0 Å². The number of alkyl halides is 1. The van der Waals surface area contributed by atoms with E-state index in [4.69, 9.17) is 0 Å². The molecule has 0 saturated heterocycles. The molecule has 0 unspecified atom stereocenters. The number of methoxy groups -OCH3 is 1. The number of halogens is 1. The molecular weight excluding hydrogens is 167 g/mol. The molecule has 0 radical (unpaired) electrons. The molecular formula is C11H17FO. The van der Waals surface area contributed by atoms with Crippen molar-refractivity contribution < 1.29 is 9.13 Å². The predicted molar refractivity (Wildman–Crippen MR) is 56.5 cm³/mol. The first-order valence-electron chi connectivity index (χ1n) is 3.80. The van der Waals surface area contributed by atoms with Crippen LogP contribution < -0.4 is 0 Å². The van der Waals surface area contributed by atoms with Gasteiger partial charge in [-0.25, -0.2) is 0 Å². The molecule has 0 amide bonds. The van der Waals surface area contributed by atoms with Gasteiger partial charge in [0.25, 0.3) is 0 Å². The normalized spacial score (nSPS) is 7.08. The van der Waals surface area contributed by atoms with Gasteiger partial charge >= 0.3 is 0 Å². The van der Waals surface area contributed by atoms with E-state index in [1.54, 1.807) is 14.2 Å². The van der Waals surface area contributed by atoms with Gasteiger partial charge in [-0.05, 0) is 5.56 Å². The minimum Gasteiger partial charge on any atom is -0.388 e. The highest BCUT2D eigenvalue weighted by molar-refractivity contribution is 5.45. The highest BCUT2D eigenvalue weighted by atomic mass is 19.1. The van der Waals surface area contributed by atoms with Crippen molar-refractivity contribution >= 4 is 6.08 Å². The van der Waals surface area contributed by atoms with Crippen LogP contribution in [0.3, 0.4) is 0 Å². The van der Waals surface area contributed by atoms with Gasteiger partial charge in [-0.15, -0.1) is 0 Å². The van der Waals surface area contributed by atoms with Gasteiger partial charge in [-0.1, -0.05) is 43.0 Å². The Morgan fingerprint density at radius 1 is 1.15 bits per heavy atom. The van der Waals surface area contributed by atoms with Gasteiger partial charge < -0.3 is 4.74 Å². The molecule has 13 heavy (non-hydrogen) atoms. The summed E-state index contributed by atoms with van der Waals surface area (Å²) in [6.07, 6.45) is 1.83. The van der Waals surface area contributed by atoms with Crippen LogP contribution in [0.4, 0.5) is 4.39 Å². The van der Waals surface area contributed by atoms with Gasteiger partial charge in [0, 0.05) is 14.2 Å². The quantitative estimate of drug-likeness (QED) is 0.651. The molecule has 0 heterocycles. The van der Waals surface area contributed by atoms with Gasteiger partial charge in [0.1, 0.15) is 0 Å². The van der Waals surface area contributed by atoms with Crippen LogP contribution in [0, 0.1) is 0 Å². The molecule has 1 rings (SSSR count). The summed E-state index contributed by atoms with van der Waals surface area (Å²) in [4.78, 5) is 0. The average Bonchev–Trinajstić information content (AvgIpc) is 2.23. The molecule has 0 bridgehead atoms. The summed E-state index contributed by atoms with van der Waals surface area (Å²) in [5.74, 6) is 0. The third-order valence-electron chi connectivity index (χ3n) is 1.04. The van der Waals surface area contributed by atoms with Crippen molar-refractivity contribution in [2.75, 3.05) is 21.4 Å². The fourth-order valence-electron chi connectivity index (χ4n) is 0.589. The standard InChI is InChI=1S/C8H8.C2H6O.CH3F/c1-2-8-6-4-3-5-7-8;1-3-2;1-2/h2-7H,1H2;1-2H3;1H3. The predicted octanol–water partition coefficient (Wildman–Crippen LogP) is 3.18. The molecule has 0 aliphatic carbocycles. The molecule has 0 aliphatic heterocycles. The van der Waals surface area contributed by atoms with E-state index < -0.39 is 0 Å². The molecule has 0 aromatic heterocycles. The summed E-state index contributed by atoms with van der Waals surface area (Å²) in [6, 6.07) is 10.0. The van der Waals surface area contributed by atoms with E-state index in [2.05, 4.69) is 11.3 Å². The van der Waals surface area contributed by atoms with Crippen LogP contribution in [0.25, 0.3) is 6.08 Å². The molecule has 0 spiro atoms. The number of hydrogen-bond donors (Lipinski definition) is 0. The largest absolute Gasteiger partial charge is 0.388 e. The fourth-order valence-corrected chi connectivity index (χ4v) is 0.589. The van der Waals surface area contributed by atoms with Crippen LogP contribution in [-0.2, 0) is 4.74 Å².